The summed E-state index contributed by atoms with van der Waals surface area (Å²) < 4.78 is 11.5. The van der Waals surface area contributed by atoms with E-state index in [2.05, 4.69) is 10.6 Å². The van der Waals surface area contributed by atoms with Gasteiger partial charge in [0.05, 0.1) is 23.7 Å². The molecule has 0 spiro atoms. The van der Waals surface area contributed by atoms with Gasteiger partial charge in [0.15, 0.2) is 11.0 Å². The normalized spacial score (nSPS) is 10.6. The summed E-state index contributed by atoms with van der Waals surface area (Å²) in [6.45, 7) is 3.10. The second kappa shape index (κ2) is 9.00. The van der Waals surface area contributed by atoms with E-state index in [1.165, 1.54) is 14.0 Å². The topological polar surface area (TPSA) is 97.6 Å². The van der Waals surface area contributed by atoms with Crippen molar-refractivity contribution >= 4 is 34.2 Å². The van der Waals surface area contributed by atoms with Gasteiger partial charge in [0, 0.05) is 23.7 Å². The molecule has 0 fully saturated rings. The Balaban J connectivity index is 1.81. The van der Waals surface area contributed by atoms with Crippen molar-refractivity contribution in [2.75, 3.05) is 17.7 Å². The second-order valence-electron chi connectivity index (χ2n) is 7.48. The van der Waals surface area contributed by atoms with Gasteiger partial charge >= 0.3 is 0 Å². The Hall–Kier alpha value is -4.39. The summed E-state index contributed by atoms with van der Waals surface area (Å²) in [7, 11) is 1.48. The number of anilines is 2. The van der Waals surface area contributed by atoms with Crippen molar-refractivity contribution < 1.29 is 18.7 Å². The predicted octanol–water partition coefficient (Wildman–Crippen LogP) is 4.99. The zero-order valence-electron chi connectivity index (χ0n) is 18.4. The Kier molecular flexibility index (Phi) is 5.95. The predicted molar refractivity (Wildman–Crippen MR) is 128 cm³/mol. The average Bonchev–Trinajstić information content (AvgIpc) is 2.81. The number of amides is 2. The van der Waals surface area contributed by atoms with Gasteiger partial charge in [-0.05, 0) is 37.3 Å². The monoisotopic (exact) mass is 442 g/mol. The van der Waals surface area contributed by atoms with Crippen LogP contribution in [0.5, 0.6) is 5.75 Å². The molecular formula is C26H22N2O5. The second-order valence-corrected chi connectivity index (χ2v) is 7.48. The Bertz CT molecular complexity index is 1420. The van der Waals surface area contributed by atoms with Gasteiger partial charge < -0.3 is 19.8 Å². The highest BCUT2D eigenvalue weighted by atomic mass is 16.5. The first kappa shape index (κ1) is 21.8. The minimum Gasteiger partial charge on any atom is -0.495 e. The van der Waals surface area contributed by atoms with E-state index in [0.717, 1.165) is 5.56 Å². The molecule has 1 aromatic heterocycles. The van der Waals surface area contributed by atoms with E-state index in [4.69, 9.17) is 9.15 Å². The first-order valence-corrected chi connectivity index (χ1v) is 10.3. The molecule has 4 rings (SSSR count). The third-order valence-corrected chi connectivity index (χ3v) is 5.19. The molecule has 0 aliphatic heterocycles. The van der Waals surface area contributed by atoms with Crippen molar-refractivity contribution in [3.05, 3.63) is 88.1 Å². The Morgan fingerprint density at radius 2 is 1.70 bits per heavy atom. The number of carbonyl (C=O) groups excluding carboxylic acids is 2. The van der Waals surface area contributed by atoms with Crippen molar-refractivity contribution in [2.24, 2.45) is 0 Å². The van der Waals surface area contributed by atoms with E-state index in [1.54, 1.807) is 43.3 Å². The maximum absolute atomic E-state index is 13.3. The summed E-state index contributed by atoms with van der Waals surface area (Å²) in [5, 5.41) is 5.79. The summed E-state index contributed by atoms with van der Waals surface area (Å²) in [5.41, 5.74) is 2.28. The highest BCUT2D eigenvalue weighted by molar-refractivity contribution is 6.12. The van der Waals surface area contributed by atoms with Crippen LogP contribution in [0.4, 0.5) is 11.4 Å². The lowest BCUT2D eigenvalue weighted by atomic mass is 10.0. The highest BCUT2D eigenvalue weighted by Crippen LogP contribution is 2.30. The number of hydrogen-bond acceptors (Lipinski definition) is 5. The fourth-order valence-electron chi connectivity index (χ4n) is 3.63. The number of fused-ring (bicyclic) bond motifs is 1. The van der Waals surface area contributed by atoms with Crippen molar-refractivity contribution in [1.82, 2.24) is 0 Å². The van der Waals surface area contributed by atoms with Crippen LogP contribution in [0.15, 0.2) is 75.9 Å². The lowest BCUT2D eigenvalue weighted by molar-refractivity contribution is -0.114. The minimum absolute atomic E-state index is 0.196. The van der Waals surface area contributed by atoms with Gasteiger partial charge in [-0.25, -0.2) is 0 Å². The molecule has 0 saturated carbocycles. The Morgan fingerprint density at radius 1 is 0.939 bits per heavy atom. The summed E-state index contributed by atoms with van der Waals surface area (Å²) in [6, 6.07) is 19.0. The van der Waals surface area contributed by atoms with Gasteiger partial charge in [0.25, 0.3) is 5.91 Å². The number of carbonyl (C=O) groups is 2. The van der Waals surface area contributed by atoms with Crippen LogP contribution in [0.25, 0.3) is 22.3 Å². The molecule has 33 heavy (non-hydrogen) atoms. The first-order valence-electron chi connectivity index (χ1n) is 10.3. The van der Waals surface area contributed by atoms with Gasteiger partial charge in [0.2, 0.25) is 5.91 Å². The van der Waals surface area contributed by atoms with Crippen LogP contribution >= 0.6 is 0 Å². The van der Waals surface area contributed by atoms with Gasteiger partial charge in [-0.1, -0.05) is 36.4 Å². The molecule has 1 heterocycles. The molecule has 0 radical (unpaired) electrons. The van der Waals surface area contributed by atoms with Gasteiger partial charge in [-0.15, -0.1) is 0 Å². The zero-order valence-corrected chi connectivity index (χ0v) is 18.4. The van der Waals surface area contributed by atoms with Crippen LogP contribution in [-0.2, 0) is 4.79 Å². The molecule has 4 aromatic rings. The standard InChI is InChI=1S/C26H22N2O5/c1-15-23(30)19-10-7-11-20(25(19)33-24(15)17-8-5-4-6-9-17)26(31)28-21-14-18(27-16(2)29)12-13-22(21)32-3/h4-14H,1-3H3,(H,27,29)(H,28,31). The summed E-state index contributed by atoms with van der Waals surface area (Å²) in [4.78, 5) is 37.7. The molecular weight excluding hydrogens is 420 g/mol. The van der Waals surface area contributed by atoms with Gasteiger partial charge in [-0.2, -0.15) is 0 Å². The lowest BCUT2D eigenvalue weighted by Crippen LogP contribution is -2.16. The molecule has 2 amide bonds. The minimum atomic E-state index is -0.482. The van der Waals surface area contributed by atoms with E-state index in [-0.39, 0.29) is 22.5 Å². The highest BCUT2D eigenvalue weighted by Gasteiger charge is 2.19. The van der Waals surface area contributed by atoms with Gasteiger partial charge in [0.1, 0.15) is 11.5 Å². The Labute approximate surface area is 190 Å². The number of para-hydroxylation sites is 1. The zero-order chi connectivity index (χ0) is 23.5. The average molecular weight is 442 g/mol. The van der Waals surface area contributed by atoms with Gasteiger partial charge in [-0.3, -0.25) is 14.4 Å². The maximum atomic E-state index is 13.3. The van der Waals surface area contributed by atoms with Crippen molar-refractivity contribution in [2.45, 2.75) is 13.8 Å². The SMILES string of the molecule is COc1ccc(NC(C)=O)cc1NC(=O)c1cccc2c(=O)c(C)c(-c3ccccc3)oc12. The molecule has 0 saturated heterocycles. The van der Waals surface area contributed by atoms with Crippen LogP contribution < -0.4 is 20.8 Å². The van der Waals surface area contributed by atoms with Crippen LogP contribution in [0.1, 0.15) is 22.8 Å². The number of benzene rings is 3. The van der Waals surface area contributed by atoms with Crippen molar-refractivity contribution in [3.8, 4) is 17.1 Å². The van der Waals surface area contributed by atoms with E-state index in [1.807, 2.05) is 30.3 Å². The molecule has 0 atom stereocenters. The van der Waals surface area contributed by atoms with Crippen LogP contribution in [0.3, 0.4) is 0 Å². The number of methoxy groups -OCH3 is 1. The molecule has 2 N–H and O–H groups in total. The quantitative estimate of drug-likeness (QED) is 0.454. The largest absolute Gasteiger partial charge is 0.495 e. The summed E-state index contributed by atoms with van der Waals surface area (Å²) >= 11 is 0. The van der Waals surface area contributed by atoms with Crippen LogP contribution in [-0.4, -0.2) is 18.9 Å². The third-order valence-electron chi connectivity index (χ3n) is 5.19. The lowest BCUT2D eigenvalue weighted by Gasteiger charge is -2.14. The molecule has 0 bridgehead atoms. The Morgan fingerprint density at radius 3 is 2.39 bits per heavy atom. The number of ether oxygens (including phenoxy) is 1. The smallest absolute Gasteiger partial charge is 0.259 e. The van der Waals surface area contributed by atoms with E-state index in [9.17, 15) is 14.4 Å². The molecule has 3 aromatic carbocycles. The summed E-state index contributed by atoms with van der Waals surface area (Å²) in [6.07, 6.45) is 0. The van der Waals surface area contributed by atoms with Crippen molar-refractivity contribution in [1.29, 1.82) is 0 Å². The molecule has 7 nitrogen and oxygen atoms in total. The number of nitrogens with one attached hydrogen (secondary N) is 2. The molecule has 0 aliphatic rings. The molecule has 166 valence electrons. The van der Waals surface area contributed by atoms with Crippen molar-refractivity contribution in [3.63, 3.8) is 0 Å². The van der Waals surface area contributed by atoms with E-state index < -0.39 is 5.91 Å². The molecule has 0 aliphatic carbocycles. The number of rotatable bonds is 5. The van der Waals surface area contributed by atoms with E-state index in [0.29, 0.717) is 33.8 Å². The summed E-state index contributed by atoms with van der Waals surface area (Å²) in [5.74, 6) is 0.112. The molecule has 7 heteroatoms. The molecule has 0 unspecified atom stereocenters. The van der Waals surface area contributed by atoms with Crippen LogP contribution in [0, 0.1) is 6.92 Å². The van der Waals surface area contributed by atoms with E-state index >= 15 is 0 Å². The fourth-order valence-corrected chi connectivity index (χ4v) is 3.63. The third kappa shape index (κ3) is 4.34. The fraction of sp³-hybridized carbons (Fsp3) is 0.115. The maximum Gasteiger partial charge on any atom is 0.259 e. The first-order chi connectivity index (χ1) is 15.9. The number of hydrogen-bond donors (Lipinski definition) is 2. The van der Waals surface area contributed by atoms with Crippen LogP contribution in [0.2, 0.25) is 0 Å².